The molecule has 1 aliphatic heterocycles. The number of carbonyl (C=O) groups excluding carboxylic acids is 1. The van der Waals surface area contributed by atoms with E-state index in [2.05, 4.69) is 15.0 Å². The van der Waals surface area contributed by atoms with Gasteiger partial charge in [0.25, 0.3) is 5.91 Å². The van der Waals surface area contributed by atoms with Gasteiger partial charge in [0.05, 0.1) is 11.3 Å². The Hall–Kier alpha value is -3.03. The highest BCUT2D eigenvalue weighted by molar-refractivity contribution is 5.95. The number of aryl methyl sites for hydroxylation is 3. The van der Waals surface area contributed by atoms with Crippen LogP contribution in [0.25, 0.3) is 11.0 Å². The van der Waals surface area contributed by atoms with E-state index in [0.717, 1.165) is 34.8 Å². The number of aromatic nitrogens is 4. The van der Waals surface area contributed by atoms with Gasteiger partial charge in [0.15, 0.2) is 5.82 Å². The maximum atomic E-state index is 14.0. The molecule has 0 bridgehead atoms. The molecule has 146 valence electrons. The van der Waals surface area contributed by atoms with Crippen molar-refractivity contribution in [1.82, 2.24) is 24.6 Å². The highest BCUT2D eigenvalue weighted by atomic mass is 19.1. The summed E-state index contributed by atoms with van der Waals surface area (Å²) in [6, 6.07) is 6.12. The van der Waals surface area contributed by atoms with Crippen molar-refractivity contribution in [2.75, 3.05) is 31.1 Å². The van der Waals surface area contributed by atoms with Gasteiger partial charge in [0.2, 0.25) is 0 Å². The summed E-state index contributed by atoms with van der Waals surface area (Å²) in [4.78, 5) is 25.9. The van der Waals surface area contributed by atoms with Crippen molar-refractivity contribution in [2.45, 2.75) is 20.3 Å². The van der Waals surface area contributed by atoms with Gasteiger partial charge in [-0.25, -0.2) is 14.4 Å². The van der Waals surface area contributed by atoms with Crippen molar-refractivity contribution >= 4 is 22.8 Å². The fraction of sp³-hybridized carbons (Fsp3) is 0.400. The maximum Gasteiger partial charge on any atom is 0.256 e. The zero-order chi connectivity index (χ0) is 19.8. The number of benzene rings is 1. The fourth-order valence-corrected chi connectivity index (χ4v) is 3.67. The van der Waals surface area contributed by atoms with E-state index in [0.29, 0.717) is 26.2 Å². The average molecular weight is 382 g/mol. The number of halogens is 1. The molecule has 8 heteroatoms. The maximum absolute atomic E-state index is 14.0. The van der Waals surface area contributed by atoms with Crippen LogP contribution in [0.15, 0.2) is 24.3 Å². The fourth-order valence-electron chi connectivity index (χ4n) is 3.67. The lowest BCUT2D eigenvalue weighted by molar-refractivity contribution is 0.0742. The first-order valence-electron chi connectivity index (χ1n) is 9.48. The molecule has 28 heavy (non-hydrogen) atoms. The molecule has 0 N–H and O–H groups in total. The molecule has 1 aliphatic rings. The summed E-state index contributed by atoms with van der Waals surface area (Å²) in [5.74, 6) is 0.882. The van der Waals surface area contributed by atoms with Gasteiger partial charge in [-0.2, -0.15) is 5.10 Å². The topological polar surface area (TPSA) is 67.2 Å². The number of piperazine rings is 1. The first kappa shape index (κ1) is 18.3. The normalized spacial score (nSPS) is 14.7. The highest BCUT2D eigenvalue weighted by Gasteiger charge is 2.27. The van der Waals surface area contributed by atoms with Gasteiger partial charge >= 0.3 is 0 Å². The predicted octanol–water partition coefficient (Wildman–Crippen LogP) is 2.34. The Labute approximate surface area is 162 Å². The van der Waals surface area contributed by atoms with E-state index in [1.165, 1.54) is 12.1 Å². The molecule has 4 rings (SSSR count). The quantitative estimate of drug-likeness (QED) is 0.696. The molecule has 0 aliphatic carbocycles. The second-order valence-corrected chi connectivity index (χ2v) is 6.98. The van der Waals surface area contributed by atoms with Gasteiger partial charge in [0.1, 0.15) is 22.7 Å². The van der Waals surface area contributed by atoms with Gasteiger partial charge in [-0.1, -0.05) is 19.1 Å². The van der Waals surface area contributed by atoms with Crippen LogP contribution in [0.2, 0.25) is 0 Å². The smallest absolute Gasteiger partial charge is 0.256 e. The summed E-state index contributed by atoms with van der Waals surface area (Å²) < 4.78 is 15.8. The number of anilines is 1. The van der Waals surface area contributed by atoms with Gasteiger partial charge in [-0.05, 0) is 19.1 Å². The van der Waals surface area contributed by atoms with Crippen molar-refractivity contribution in [1.29, 1.82) is 0 Å². The van der Waals surface area contributed by atoms with Crippen molar-refractivity contribution < 1.29 is 9.18 Å². The number of nitrogens with zero attached hydrogens (tertiary/aromatic N) is 6. The van der Waals surface area contributed by atoms with Crippen molar-refractivity contribution in [2.24, 2.45) is 7.05 Å². The Kier molecular flexibility index (Phi) is 4.70. The van der Waals surface area contributed by atoms with Gasteiger partial charge < -0.3 is 9.80 Å². The van der Waals surface area contributed by atoms with Crippen molar-refractivity contribution in [3.05, 3.63) is 47.2 Å². The van der Waals surface area contributed by atoms with Crippen LogP contribution in [0.1, 0.15) is 28.8 Å². The van der Waals surface area contributed by atoms with E-state index in [4.69, 9.17) is 4.98 Å². The van der Waals surface area contributed by atoms with Gasteiger partial charge in [-0.3, -0.25) is 9.48 Å². The molecule has 0 spiro atoms. The number of hydrogen-bond acceptors (Lipinski definition) is 5. The van der Waals surface area contributed by atoms with E-state index in [1.807, 2.05) is 25.6 Å². The van der Waals surface area contributed by atoms with Crippen LogP contribution in [0.4, 0.5) is 10.2 Å². The minimum Gasteiger partial charge on any atom is -0.351 e. The van der Waals surface area contributed by atoms with E-state index < -0.39 is 5.82 Å². The Morgan fingerprint density at radius 3 is 2.54 bits per heavy atom. The lowest BCUT2D eigenvalue weighted by Gasteiger charge is -2.35. The van der Waals surface area contributed by atoms with Gasteiger partial charge in [-0.15, -0.1) is 0 Å². The summed E-state index contributed by atoms with van der Waals surface area (Å²) >= 11 is 0. The van der Waals surface area contributed by atoms with E-state index in [1.54, 1.807) is 17.0 Å². The summed E-state index contributed by atoms with van der Waals surface area (Å²) in [7, 11) is 1.89. The second kappa shape index (κ2) is 7.18. The molecule has 0 saturated carbocycles. The molecule has 7 nitrogen and oxygen atoms in total. The monoisotopic (exact) mass is 382 g/mol. The molecular formula is C20H23FN6O. The molecule has 1 amide bonds. The SMILES string of the molecule is CCc1nc(N2CCN(C(=O)c3ccccc3F)CC2)c2c(n1)c(C)nn2C. The Balaban J connectivity index is 1.59. The van der Waals surface area contributed by atoms with Crippen LogP contribution in [0.5, 0.6) is 0 Å². The first-order chi connectivity index (χ1) is 13.5. The Morgan fingerprint density at radius 2 is 1.86 bits per heavy atom. The summed E-state index contributed by atoms with van der Waals surface area (Å²) in [5, 5.41) is 4.49. The third kappa shape index (κ3) is 3.08. The van der Waals surface area contributed by atoms with Crippen molar-refractivity contribution in [3.8, 4) is 0 Å². The Bertz CT molecular complexity index is 1040. The van der Waals surface area contributed by atoms with E-state index in [-0.39, 0.29) is 11.5 Å². The van der Waals surface area contributed by atoms with Crippen LogP contribution in [0, 0.1) is 12.7 Å². The van der Waals surface area contributed by atoms with Crippen LogP contribution < -0.4 is 4.90 Å². The molecule has 0 atom stereocenters. The lowest BCUT2D eigenvalue weighted by Crippen LogP contribution is -2.49. The minimum atomic E-state index is -0.481. The number of fused-ring (bicyclic) bond motifs is 1. The number of amides is 1. The number of hydrogen-bond donors (Lipinski definition) is 0. The van der Waals surface area contributed by atoms with Crippen LogP contribution in [-0.4, -0.2) is 56.7 Å². The highest BCUT2D eigenvalue weighted by Crippen LogP contribution is 2.27. The van der Waals surface area contributed by atoms with Crippen LogP contribution in [0.3, 0.4) is 0 Å². The molecule has 1 saturated heterocycles. The average Bonchev–Trinajstić information content (AvgIpc) is 3.01. The zero-order valence-corrected chi connectivity index (χ0v) is 16.3. The summed E-state index contributed by atoms with van der Waals surface area (Å²) in [6.07, 6.45) is 0.739. The lowest BCUT2D eigenvalue weighted by atomic mass is 10.1. The first-order valence-corrected chi connectivity index (χ1v) is 9.48. The largest absolute Gasteiger partial charge is 0.351 e. The summed E-state index contributed by atoms with van der Waals surface area (Å²) in [6.45, 7) is 6.25. The van der Waals surface area contributed by atoms with E-state index in [9.17, 15) is 9.18 Å². The number of carbonyl (C=O) groups is 1. The molecule has 1 fully saturated rings. The predicted molar refractivity (Wildman–Crippen MR) is 105 cm³/mol. The zero-order valence-electron chi connectivity index (χ0n) is 16.3. The molecule has 1 aromatic carbocycles. The molecule has 2 aromatic heterocycles. The summed E-state index contributed by atoms with van der Waals surface area (Å²) in [5.41, 5.74) is 2.78. The molecule has 0 unspecified atom stereocenters. The molecule has 0 radical (unpaired) electrons. The van der Waals surface area contributed by atoms with Crippen LogP contribution in [-0.2, 0) is 13.5 Å². The second-order valence-electron chi connectivity index (χ2n) is 6.98. The molecule has 3 heterocycles. The van der Waals surface area contributed by atoms with Gasteiger partial charge in [0, 0.05) is 39.6 Å². The third-order valence-electron chi connectivity index (χ3n) is 5.17. The van der Waals surface area contributed by atoms with Crippen LogP contribution >= 0.6 is 0 Å². The molecular weight excluding hydrogens is 359 g/mol. The Morgan fingerprint density at radius 1 is 1.14 bits per heavy atom. The van der Waals surface area contributed by atoms with E-state index >= 15 is 0 Å². The standard InChI is InChI=1S/C20H23FN6O/c1-4-16-22-17-13(2)24-25(3)18(17)19(23-16)26-9-11-27(12-10-26)20(28)14-7-5-6-8-15(14)21/h5-8H,4,9-12H2,1-3H3. The molecule has 3 aromatic rings. The minimum absolute atomic E-state index is 0.121. The van der Waals surface area contributed by atoms with Crippen molar-refractivity contribution in [3.63, 3.8) is 0 Å². The number of rotatable bonds is 3. The third-order valence-corrected chi connectivity index (χ3v) is 5.17.